The molecule has 4 rings (SSSR count). The molecule has 1 aliphatic rings. The summed E-state index contributed by atoms with van der Waals surface area (Å²) in [4.78, 5) is 12.2. The van der Waals surface area contributed by atoms with Crippen molar-refractivity contribution < 1.29 is 27.4 Å². The van der Waals surface area contributed by atoms with Gasteiger partial charge in [-0.1, -0.05) is 36.4 Å². The molecule has 11 heteroatoms. The molecule has 7 nitrogen and oxygen atoms in total. The number of nitrogens with zero attached hydrogens (tertiary/aromatic N) is 2. The van der Waals surface area contributed by atoms with Crippen molar-refractivity contribution in [2.45, 2.75) is 49.8 Å². The summed E-state index contributed by atoms with van der Waals surface area (Å²) in [6.07, 6.45) is -3.13. The van der Waals surface area contributed by atoms with Crippen LogP contribution in [0.2, 0.25) is 0 Å². The quantitative estimate of drug-likeness (QED) is 0.403. The summed E-state index contributed by atoms with van der Waals surface area (Å²) in [5, 5.41) is 19.8. The maximum Gasteiger partial charge on any atom is 0.416 e. The number of rotatable bonds is 8. The molecular formula is C25H28F4N4O3. The van der Waals surface area contributed by atoms with Gasteiger partial charge in [0, 0.05) is 6.54 Å². The molecule has 0 amide bonds. The lowest BCUT2D eigenvalue weighted by Gasteiger charge is -2.47. The van der Waals surface area contributed by atoms with Crippen LogP contribution in [0.4, 0.5) is 17.6 Å². The van der Waals surface area contributed by atoms with Crippen LogP contribution in [0.1, 0.15) is 48.1 Å². The van der Waals surface area contributed by atoms with Gasteiger partial charge in [0.2, 0.25) is 0 Å². The molecule has 0 spiro atoms. The number of ether oxygens (including phenoxy) is 1. The van der Waals surface area contributed by atoms with Crippen molar-refractivity contribution in [3.05, 3.63) is 87.6 Å². The highest BCUT2D eigenvalue weighted by atomic mass is 19.4. The van der Waals surface area contributed by atoms with Crippen molar-refractivity contribution in [2.75, 3.05) is 19.8 Å². The molecule has 0 unspecified atom stereocenters. The molecule has 3 aromatic rings. The second-order valence-corrected chi connectivity index (χ2v) is 9.26. The smallest absolute Gasteiger partial charge is 0.394 e. The van der Waals surface area contributed by atoms with E-state index in [0.717, 1.165) is 17.7 Å². The summed E-state index contributed by atoms with van der Waals surface area (Å²) < 4.78 is 60.8. The highest BCUT2D eigenvalue weighted by Crippen LogP contribution is 2.39. The Kier molecular flexibility index (Phi) is 7.35. The minimum Gasteiger partial charge on any atom is -0.394 e. The molecule has 3 N–H and O–H groups in total. The van der Waals surface area contributed by atoms with Gasteiger partial charge in [0.1, 0.15) is 13.0 Å². The lowest BCUT2D eigenvalue weighted by molar-refractivity contribution is -0.137. The Labute approximate surface area is 205 Å². The van der Waals surface area contributed by atoms with Crippen LogP contribution in [0.5, 0.6) is 0 Å². The van der Waals surface area contributed by atoms with Gasteiger partial charge < -0.3 is 15.2 Å². The Morgan fingerprint density at radius 2 is 1.94 bits per heavy atom. The Balaban J connectivity index is 1.59. The lowest BCUT2D eigenvalue weighted by atomic mass is 9.76. The zero-order chi connectivity index (χ0) is 26.0. The van der Waals surface area contributed by atoms with Crippen LogP contribution in [0.3, 0.4) is 0 Å². The van der Waals surface area contributed by atoms with Crippen LogP contribution >= 0.6 is 0 Å². The van der Waals surface area contributed by atoms with Gasteiger partial charge in [0.05, 0.1) is 36.0 Å². The summed E-state index contributed by atoms with van der Waals surface area (Å²) in [6, 6.07) is 12.6. The molecule has 0 aliphatic carbocycles. The maximum atomic E-state index is 13.3. The van der Waals surface area contributed by atoms with E-state index in [9.17, 15) is 27.5 Å². The molecule has 3 atom stereocenters. The minimum atomic E-state index is -4.60. The average Bonchev–Trinajstić information content (AvgIpc) is 3.33. The molecule has 0 radical (unpaired) electrons. The fraction of sp³-hybridized carbons (Fsp3) is 0.440. The summed E-state index contributed by atoms with van der Waals surface area (Å²) >= 11 is 0. The van der Waals surface area contributed by atoms with E-state index in [1.165, 1.54) is 17.0 Å². The first kappa shape index (κ1) is 26.1. The molecule has 1 fully saturated rings. The lowest BCUT2D eigenvalue weighted by Crippen LogP contribution is -2.61. The number of piperidine rings is 1. The van der Waals surface area contributed by atoms with E-state index < -0.39 is 41.3 Å². The molecule has 2 heterocycles. The number of H-pyrrole nitrogens is 1. The van der Waals surface area contributed by atoms with Crippen molar-refractivity contribution >= 4 is 0 Å². The Hall–Kier alpha value is -3.02. The van der Waals surface area contributed by atoms with Gasteiger partial charge in [0.25, 0.3) is 0 Å². The summed E-state index contributed by atoms with van der Waals surface area (Å²) in [5.74, 6) is 0. The normalized spacial score (nSPS) is 23.5. The molecule has 36 heavy (non-hydrogen) atoms. The van der Waals surface area contributed by atoms with Crippen LogP contribution in [-0.2, 0) is 28.7 Å². The number of hydrogen-bond acceptors (Lipinski definition) is 5. The van der Waals surface area contributed by atoms with E-state index >= 15 is 0 Å². The Morgan fingerprint density at radius 3 is 2.50 bits per heavy atom. The van der Waals surface area contributed by atoms with Crippen LogP contribution in [0, 0.1) is 0 Å². The van der Waals surface area contributed by atoms with Crippen LogP contribution in [0.25, 0.3) is 0 Å². The number of aliphatic hydroxyl groups excluding tert-OH is 1. The SMILES string of the molecule is C[C@@H](OC[C@@]1(c2ccccc2)CC[C@](CO)(n2cn[nH]c2=O)CN1)c1cc(CF)cc(C(F)(F)F)c1. The zero-order valence-corrected chi connectivity index (χ0v) is 19.7. The van der Waals surface area contributed by atoms with Crippen molar-refractivity contribution in [3.8, 4) is 0 Å². The van der Waals surface area contributed by atoms with Gasteiger partial charge in [-0.05, 0) is 48.6 Å². The highest BCUT2D eigenvalue weighted by molar-refractivity contribution is 5.33. The predicted molar refractivity (Wildman–Crippen MR) is 124 cm³/mol. The van der Waals surface area contributed by atoms with E-state index in [4.69, 9.17) is 4.74 Å². The number of benzene rings is 2. The van der Waals surface area contributed by atoms with Crippen molar-refractivity contribution in [1.29, 1.82) is 0 Å². The monoisotopic (exact) mass is 508 g/mol. The standard InChI is InChI=1S/C25H28F4N4O3/c1-17(19-9-18(12-26)10-21(11-19)25(27,28)29)36-15-24(20-5-3-2-4-6-20)8-7-23(14-34,13-30-24)33-16-31-32-22(33)35/h2-6,9-11,16-17,30,34H,7-8,12-15H2,1H3,(H,32,35)/t17-,23+,24-/m1/s1. The minimum absolute atomic E-state index is 0.0675. The summed E-state index contributed by atoms with van der Waals surface area (Å²) in [5.41, 5.74) is -1.94. The second kappa shape index (κ2) is 10.2. The van der Waals surface area contributed by atoms with E-state index in [1.807, 2.05) is 30.3 Å². The molecule has 2 aromatic carbocycles. The fourth-order valence-corrected chi connectivity index (χ4v) is 4.73. The first-order valence-corrected chi connectivity index (χ1v) is 11.5. The van der Waals surface area contributed by atoms with Crippen LogP contribution < -0.4 is 11.0 Å². The maximum absolute atomic E-state index is 13.3. The summed E-state index contributed by atoms with van der Waals surface area (Å²) in [7, 11) is 0. The number of aliphatic hydroxyl groups is 1. The van der Waals surface area contributed by atoms with E-state index in [2.05, 4.69) is 15.5 Å². The van der Waals surface area contributed by atoms with Gasteiger partial charge >= 0.3 is 11.9 Å². The third-order valence-corrected chi connectivity index (χ3v) is 7.00. The zero-order valence-electron chi connectivity index (χ0n) is 19.7. The fourth-order valence-electron chi connectivity index (χ4n) is 4.73. The first-order chi connectivity index (χ1) is 17.1. The van der Waals surface area contributed by atoms with Crippen molar-refractivity contribution in [2.24, 2.45) is 0 Å². The first-order valence-electron chi connectivity index (χ1n) is 11.5. The van der Waals surface area contributed by atoms with Crippen LogP contribution in [-0.4, -0.2) is 39.6 Å². The van der Waals surface area contributed by atoms with E-state index in [0.29, 0.717) is 12.8 Å². The number of alkyl halides is 4. The largest absolute Gasteiger partial charge is 0.416 e. The average molecular weight is 509 g/mol. The van der Waals surface area contributed by atoms with Gasteiger partial charge in [-0.25, -0.2) is 14.3 Å². The third-order valence-electron chi connectivity index (χ3n) is 7.00. The van der Waals surface area contributed by atoms with E-state index in [-0.39, 0.29) is 30.9 Å². The van der Waals surface area contributed by atoms with E-state index in [1.54, 1.807) is 6.92 Å². The van der Waals surface area contributed by atoms with Crippen molar-refractivity contribution in [3.63, 3.8) is 0 Å². The number of halogens is 4. The molecule has 1 aromatic heterocycles. The third kappa shape index (κ3) is 5.09. The van der Waals surface area contributed by atoms with Gasteiger partial charge in [0.15, 0.2) is 0 Å². The predicted octanol–water partition coefficient (Wildman–Crippen LogP) is 3.80. The molecule has 0 bridgehead atoms. The number of nitrogens with one attached hydrogen (secondary N) is 2. The molecular weight excluding hydrogens is 480 g/mol. The molecule has 1 aliphatic heterocycles. The van der Waals surface area contributed by atoms with Gasteiger partial charge in [-0.2, -0.15) is 18.3 Å². The second-order valence-electron chi connectivity index (χ2n) is 9.26. The number of aromatic amines is 1. The number of aromatic nitrogens is 3. The molecule has 1 saturated heterocycles. The Morgan fingerprint density at radius 1 is 1.19 bits per heavy atom. The molecule has 0 saturated carbocycles. The van der Waals surface area contributed by atoms with Crippen LogP contribution in [0.15, 0.2) is 59.7 Å². The molecule has 194 valence electrons. The highest BCUT2D eigenvalue weighted by Gasteiger charge is 2.45. The topological polar surface area (TPSA) is 92.2 Å². The number of hydrogen-bond donors (Lipinski definition) is 3. The Bertz CT molecular complexity index is 1220. The van der Waals surface area contributed by atoms with Gasteiger partial charge in [-0.15, -0.1) is 0 Å². The van der Waals surface area contributed by atoms with Crippen molar-refractivity contribution in [1.82, 2.24) is 20.1 Å². The summed E-state index contributed by atoms with van der Waals surface area (Å²) in [6.45, 7) is 0.641. The van der Waals surface area contributed by atoms with Gasteiger partial charge in [-0.3, -0.25) is 4.57 Å².